The largest absolute Gasteiger partial charge is 0.455 e. The number of ether oxygens (including phenoxy) is 1. The topological polar surface area (TPSA) is 117 Å². The van der Waals surface area contributed by atoms with E-state index in [9.17, 15) is 18.0 Å². The zero-order valence-electron chi connectivity index (χ0n) is 15.3. The van der Waals surface area contributed by atoms with Gasteiger partial charge in [0.1, 0.15) is 6.54 Å². The normalized spacial score (nSPS) is 20.0. The number of amides is 1. The Bertz CT molecular complexity index is 820. The van der Waals surface area contributed by atoms with Crippen molar-refractivity contribution in [1.29, 1.82) is 5.26 Å². The molecule has 1 heterocycles. The Kier molecular flexibility index (Phi) is 6.93. The standard InChI is InChI=1S/C18H23N3O5S/c1-13-7-14(2)11-21(10-13)17(22)12-26-18(23)9-20-27(24,25)16-5-3-15(8-19)4-6-16/h3-6,13-14,20H,7,9-12H2,1-2H3/t13-,14+. The van der Waals surface area contributed by atoms with E-state index in [1.807, 2.05) is 6.07 Å². The third-order valence-corrected chi connectivity index (χ3v) is 5.70. The number of rotatable bonds is 6. The molecule has 2 rings (SSSR count). The van der Waals surface area contributed by atoms with Crippen molar-refractivity contribution in [2.24, 2.45) is 11.8 Å². The molecule has 0 bridgehead atoms. The van der Waals surface area contributed by atoms with Gasteiger partial charge >= 0.3 is 5.97 Å². The molecule has 0 saturated carbocycles. The van der Waals surface area contributed by atoms with Gasteiger partial charge in [0, 0.05) is 13.1 Å². The number of sulfonamides is 1. The maximum Gasteiger partial charge on any atom is 0.321 e. The summed E-state index contributed by atoms with van der Waals surface area (Å²) in [5.74, 6) is -0.323. The van der Waals surface area contributed by atoms with Crippen LogP contribution in [0.4, 0.5) is 0 Å². The highest BCUT2D eigenvalue weighted by Crippen LogP contribution is 2.20. The summed E-state index contributed by atoms with van der Waals surface area (Å²) >= 11 is 0. The fraction of sp³-hybridized carbons (Fsp3) is 0.500. The molecule has 0 radical (unpaired) electrons. The van der Waals surface area contributed by atoms with E-state index >= 15 is 0 Å². The minimum Gasteiger partial charge on any atom is -0.455 e. The second-order valence-corrected chi connectivity index (χ2v) is 8.63. The van der Waals surface area contributed by atoms with E-state index in [1.54, 1.807) is 4.90 Å². The third kappa shape index (κ3) is 6.05. The van der Waals surface area contributed by atoms with Gasteiger partial charge in [-0.25, -0.2) is 8.42 Å². The summed E-state index contributed by atoms with van der Waals surface area (Å²) in [6.07, 6.45) is 1.06. The summed E-state index contributed by atoms with van der Waals surface area (Å²) in [7, 11) is -3.91. The van der Waals surface area contributed by atoms with E-state index in [0.29, 0.717) is 30.5 Å². The van der Waals surface area contributed by atoms with E-state index in [0.717, 1.165) is 6.42 Å². The molecule has 1 N–H and O–H groups in total. The zero-order chi connectivity index (χ0) is 20.0. The van der Waals surface area contributed by atoms with Gasteiger partial charge in [-0.05, 0) is 42.5 Å². The van der Waals surface area contributed by atoms with Crippen molar-refractivity contribution >= 4 is 21.9 Å². The number of hydrogen-bond acceptors (Lipinski definition) is 6. The first-order valence-electron chi connectivity index (χ1n) is 8.64. The molecule has 1 fully saturated rings. The monoisotopic (exact) mass is 393 g/mol. The number of piperidine rings is 1. The van der Waals surface area contributed by atoms with Crippen molar-refractivity contribution in [3.8, 4) is 6.07 Å². The van der Waals surface area contributed by atoms with Crippen molar-refractivity contribution in [3.05, 3.63) is 29.8 Å². The van der Waals surface area contributed by atoms with Crippen LogP contribution in [0.1, 0.15) is 25.8 Å². The lowest BCUT2D eigenvalue weighted by atomic mass is 9.92. The second-order valence-electron chi connectivity index (χ2n) is 6.87. The molecule has 27 heavy (non-hydrogen) atoms. The minimum atomic E-state index is -3.91. The number of nitrogens with one attached hydrogen (secondary N) is 1. The van der Waals surface area contributed by atoms with Crippen LogP contribution >= 0.6 is 0 Å². The van der Waals surface area contributed by atoms with Crippen LogP contribution in [0.3, 0.4) is 0 Å². The summed E-state index contributed by atoms with van der Waals surface area (Å²) in [6.45, 7) is 4.41. The summed E-state index contributed by atoms with van der Waals surface area (Å²) in [6, 6.07) is 7.17. The number of carbonyl (C=O) groups is 2. The van der Waals surface area contributed by atoms with Gasteiger partial charge in [0.15, 0.2) is 6.61 Å². The van der Waals surface area contributed by atoms with Gasteiger partial charge in [-0.15, -0.1) is 0 Å². The molecule has 1 aromatic carbocycles. The van der Waals surface area contributed by atoms with Gasteiger partial charge in [0.25, 0.3) is 5.91 Å². The first-order chi connectivity index (χ1) is 12.7. The van der Waals surface area contributed by atoms with Crippen LogP contribution in [0.15, 0.2) is 29.2 Å². The van der Waals surface area contributed by atoms with Crippen LogP contribution in [0.5, 0.6) is 0 Å². The number of carbonyl (C=O) groups excluding carboxylic acids is 2. The zero-order valence-corrected chi connectivity index (χ0v) is 16.2. The molecule has 0 aliphatic carbocycles. The Morgan fingerprint density at radius 2 is 1.81 bits per heavy atom. The molecular formula is C18H23N3O5S. The van der Waals surface area contributed by atoms with Gasteiger partial charge in [0.2, 0.25) is 10.0 Å². The fourth-order valence-electron chi connectivity index (χ4n) is 3.10. The summed E-state index contributed by atoms with van der Waals surface area (Å²) in [5.41, 5.74) is 0.327. The summed E-state index contributed by atoms with van der Waals surface area (Å²) < 4.78 is 31.2. The van der Waals surface area contributed by atoms with E-state index in [2.05, 4.69) is 18.6 Å². The Morgan fingerprint density at radius 1 is 1.22 bits per heavy atom. The number of nitrogens with zero attached hydrogens (tertiary/aromatic N) is 2. The lowest BCUT2D eigenvalue weighted by Crippen LogP contribution is -2.44. The molecule has 0 aromatic heterocycles. The first-order valence-corrected chi connectivity index (χ1v) is 10.1. The van der Waals surface area contributed by atoms with Gasteiger partial charge in [-0.1, -0.05) is 13.8 Å². The number of nitriles is 1. The van der Waals surface area contributed by atoms with E-state index < -0.39 is 29.1 Å². The predicted molar refractivity (Wildman–Crippen MR) is 96.8 cm³/mol. The quantitative estimate of drug-likeness (QED) is 0.717. The van der Waals surface area contributed by atoms with Crippen molar-refractivity contribution in [2.75, 3.05) is 26.2 Å². The van der Waals surface area contributed by atoms with Crippen molar-refractivity contribution in [3.63, 3.8) is 0 Å². The molecule has 1 aliphatic heterocycles. The van der Waals surface area contributed by atoms with Crippen molar-refractivity contribution in [1.82, 2.24) is 9.62 Å². The van der Waals surface area contributed by atoms with Gasteiger partial charge < -0.3 is 9.64 Å². The maximum atomic E-state index is 12.2. The van der Waals surface area contributed by atoms with Crippen molar-refractivity contribution < 1.29 is 22.7 Å². The lowest BCUT2D eigenvalue weighted by molar-refractivity contribution is -0.152. The number of benzene rings is 1. The van der Waals surface area contributed by atoms with Crippen LogP contribution in [0, 0.1) is 23.2 Å². The highest BCUT2D eigenvalue weighted by molar-refractivity contribution is 7.89. The van der Waals surface area contributed by atoms with E-state index in [1.165, 1.54) is 24.3 Å². The molecule has 146 valence electrons. The van der Waals surface area contributed by atoms with Crippen LogP contribution in [-0.4, -0.2) is 51.4 Å². The number of hydrogen-bond donors (Lipinski definition) is 1. The smallest absolute Gasteiger partial charge is 0.321 e. The SMILES string of the molecule is C[C@@H]1C[C@H](C)CN(C(=O)COC(=O)CNS(=O)(=O)c2ccc(C#N)cc2)C1. The molecule has 9 heteroatoms. The van der Waals surface area contributed by atoms with Crippen LogP contribution in [0.2, 0.25) is 0 Å². The second kappa shape index (κ2) is 8.97. The average molecular weight is 393 g/mol. The van der Waals surface area contributed by atoms with Crippen LogP contribution in [-0.2, 0) is 24.3 Å². The van der Waals surface area contributed by atoms with E-state index in [-0.39, 0.29) is 10.8 Å². The van der Waals surface area contributed by atoms with Gasteiger partial charge in [-0.2, -0.15) is 9.98 Å². The molecule has 1 aliphatic rings. The highest BCUT2D eigenvalue weighted by atomic mass is 32.2. The predicted octanol–water partition coefficient (Wildman–Crippen LogP) is 0.884. The maximum absolute atomic E-state index is 12.2. The number of likely N-dealkylation sites (tertiary alicyclic amines) is 1. The number of esters is 1. The molecular weight excluding hydrogens is 370 g/mol. The van der Waals surface area contributed by atoms with Crippen LogP contribution in [0.25, 0.3) is 0 Å². The Morgan fingerprint density at radius 3 is 2.37 bits per heavy atom. The average Bonchev–Trinajstić information content (AvgIpc) is 2.63. The first kappa shape index (κ1) is 20.9. The Balaban J connectivity index is 1.81. The molecule has 8 nitrogen and oxygen atoms in total. The summed E-state index contributed by atoms with van der Waals surface area (Å²) in [4.78, 5) is 25.5. The molecule has 0 unspecified atom stereocenters. The lowest BCUT2D eigenvalue weighted by Gasteiger charge is -2.34. The molecule has 0 spiro atoms. The van der Waals surface area contributed by atoms with E-state index in [4.69, 9.17) is 10.00 Å². The van der Waals surface area contributed by atoms with Gasteiger partial charge in [-0.3, -0.25) is 9.59 Å². The molecule has 1 aromatic rings. The minimum absolute atomic E-state index is 0.0679. The summed E-state index contributed by atoms with van der Waals surface area (Å²) in [5, 5.41) is 8.73. The molecule has 1 amide bonds. The third-order valence-electron chi connectivity index (χ3n) is 4.28. The Labute approximate surface area is 159 Å². The highest BCUT2D eigenvalue weighted by Gasteiger charge is 2.26. The Hall–Kier alpha value is -2.44. The fourth-order valence-corrected chi connectivity index (χ4v) is 4.07. The van der Waals surface area contributed by atoms with Crippen LogP contribution < -0.4 is 4.72 Å². The molecule has 2 atom stereocenters. The molecule has 1 saturated heterocycles. The van der Waals surface area contributed by atoms with Crippen molar-refractivity contribution in [2.45, 2.75) is 25.2 Å². The van der Waals surface area contributed by atoms with Gasteiger partial charge in [0.05, 0.1) is 16.5 Å².